The highest BCUT2D eigenvalue weighted by Crippen LogP contribution is 2.22. The lowest BCUT2D eigenvalue weighted by atomic mass is 10.4. The highest BCUT2D eigenvalue weighted by molar-refractivity contribution is 7.99. The molecule has 0 aromatic carbocycles. The lowest BCUT2D eigenvalue weighted by Crippen LogP contribution is -2.29. The number of H-pyrrole nitrogens is 1. The Morgan fingerprint density at radius 1 is 1.52 bits per heavy atom. The number of alkyl halides is 1. The van der Waals surface area contributed by atoms with Gasteiger partial charge in [0.05, 0.1) is 6.10 Å². The SMILES string of the molecule is C/C(Cl)=C\Cn1c(SC[C@H](O)CCl)nc2c1c(=O)[nH]c(=O)n2C. The summed E-state index contributed by atoms with van der Waals surface area (Å²) in [4.78, 5) is 30.5. The number of nitrogens with zero attached hydrogens (tertiary/aromatic N) is 3. The molecule has 0 amide bonds. The predicted octanol–water partition coefficient (Wildman–Crippen LogP) is 1.26. The number of hydrogen-bond acceptors (Lipinski definition) is 5. The minimum Gasteiger partial charge on any atom is -0.391 e. The molecule has 2 aromatic heterocycles. The molecule has 23 heavy (non-hydrogen) atoms. The number of halogens is 2. The maximum absolute atomic E-state index is 12.2. The van der Waals surface area contributed by atoms with Crippen molar-refractivity contribution in [1.29, 1.82) is 0 Å². The lowest BCUT2D eigenvalue weighted by Gasteiger charge is -2.08. The zero-order valence-electron chi connectivity index (χ0n) is 12.5. The van der Waals surface area contributed by atoms with E-state index < -0.39 is 17.4 Å². The van der Waals surface area contributed by atoms with E-state index in [0.29, 0.717) is 22.5 Å². The van der Waals surface area contributed by atoms with Crippen LogP contribution in [0.4, 0.5) is 0 Å². The number of aryl methyl sites for hydroxylation is 1. The van der Waals surface area contributed by atoms with Crippen LogP contribution in [0.15, 0.2) is 25.9 Å². The normalized spacial score (nSPS) is 13.7. The molecule has 0 aliphatic heterocycles. The largest absolute Gasteiger partial charge is 0.391 e. The maximum atomic E-state index is 12.2. The van der Waals surface area contributed by atoms with E-state index in [1.807, 2.05) is 0 Å². The second-order valence-corrected chi connectivity index (χ2v) is 6.80. The minimum atomic E-state index is -0.692. The van der Waals surface area contributed by atoms with Gasteiger partial charge in [-0.05, 0) is 6.92 Å². The third-order valence-corrected chi connectivity index (χ3v) is 4.74. The van der Waals surface area contributed by atoms with Crippen LogP contribution in [0.1, 0.15) is 6.92 Å². The van der Waals surface area contributed by atoms with Crippen LogP contribution < -0.4 is 11.2 Å². The van der Waals surface area contributed by atoms with E-state index in [4.69, 9.17) is 23.2 Å². The molecule has 7 nitrogen and oxygen atoms in total. The molecule has 1 atom stereocenters. The number of aliphatic hydroxyl groups is 1. The molecular weight excluding hydrogens is 363 g/mol. The third-order valence-electron chi connectivity index (χ3n) is 3.11. The van der Waals surface area contributed by atoms with Crippen molar-refractivity contribution >= 4 is 46.1 Å². The van der Waals surface area contributed by atoms with Gasteiger partial charge >= 0.3 is 5.69 Å². The van der Waals surface area contributed by atoms with Crippen molar-refractivity contribution in [2.45, 2.75) is 24.7 Å². The number of nitrogens with one attached hydrogen (secondary N) is 1. The number of imidazole rings is 1. The summed E-state index contributed by atoms with van der Waals surface area (Å²) >= 11 is 12.7. The Morgan fingerprint density at radius 3 is 2.83 bits per heavy atom. The topological polar surface area (TPSA) is 92.9 Å². The second-order valence-electron chi connectivity index (χ2n) is 4.91. The standard InChI is InChI=1S/C13H16Cl2N4O3S/c1-7(15)3-4-19-9-10(18(2)12(22)17-11(9)21)16-13(19)23-6-8(20)5-14/h3,8,20H,4-6H2,1-2H3,(H,17,21,22)/b7-3+/t8-/m1/s1. The number of thioether (sulfide) groups is 1. The Hall–Kier alpha value is -1.22. The summed E-state index contributed by atoms with van der Waals surface area (Å²) in [6.45, 7) is 2.05. The molecule has 0 bridgehead atoms. The van der Waals surface area contributed by atoms with Gasteiger partial charge in [-0.2, -0.15) is 0 Å². The zero-order valence-corrected chi connectivity index (χ0v) is 14.9. The molecule has 0 fully saturated rings. The van der Waals surface area contributed by atoms with Crippen LogP contribution in [0, 0.1) is 0 Å². The number of aromatic amines is 1. The minimum absolute atomic E-state index is 0.104. The number of rotatable bonds is 6. The number of fused-ring (bicyclic) bond motifs is 1. The lowest BCUT2D eigenvalue weighted by molar-refractivity contribution is 0.223. The molecule has 126 valence electrons. The summed E-state index contributed by atoms with van der Waals surface area (Å²) in [7, 11) is 1.53. The molecule has 2 N–H and O–H groups in total. The molecule has 0 unspecified atom stereocenters. The first-order valence-corrected chi connectivity index (χ1v) is 8.63. The van der Waals surface area contributed by atoms with Gasteiger partial charge < -0.3 is 9.67 Å². The molecule has 0 spiro atoms. The van der Waals surface area contributed by atoms with E-state index in [0.717, 1.165) is 0 Å². The summed E-state index contributed by atoms with van der Waals surface area (Å²) in [5.74, 6) is 0.426. The van der Waals surface area contributed by atoms with E-state index >= 15 is 0 Å². The van der Waals surface area contributed by atoms with Gasteiger partial charge in [0.1, 0.15) is 0 Å². The summed E-state index contributed by atoms with van der Waals surface area (Å²) in [6, 6.07) is 0. The van der Waals surface area contributed by atoms with Gasteiger partial charge in [0.2, 0.25) is 0 Å². The monoisotopic (exact) mass is 378 g/mol. The van der Waals surface area contributed by atoms with Gasteiger partial charge in [-0.15, -0.1) is 11.6 Å². The van der Waals surface area contributed by atoms with Crippen LogP contribution in [0.25, 0.3) is 11.2 Å². The first kappa shape index (κ1) is 18.1. The fourth-order valence-electron chi connectivity index (χ4n) is 1.93. The molecule has 0 aliphatic carbocycles. The molecule has 2 heterocycles. The summed E-state index contributed by atoms with van der Waals surface area (Å²) in [5.41, 5.74) is -0.485. The van der Waals surface area contributed by atoms with Crippen molar-refractivity contribution in [3.63, 3.8) is 0 Å². The van der Waals surface area contributed by atoms with Crippen LogP contribution in [-0.2, 0) is 13.6 Å². The van der Waals surface area contributed by atoms with E-state index in [1.54, 1.807) is 17.6 Å². The van der Waals surface area contributed by atoms with E-state index in [1.165, 1.54) is 23.4 Å². The average Bonchev–Trinajstić information content (AvgIpc) is 2.87. The Balaban J connectivity index is 2.60. The van der Waals surface area contributed by atoms with Crippen LogP contribution in [0.5, 0.6) is 0 Å². The number of aromatic nitrogens is 4. The van der Waals surface area contributed by atoms with Gasteiger partial charge in [0, 0.05) is 30.3 Å². The van der Waals surface area contributed by atoms with Gasteiger partial charge in [-0.1, -0.05) is 29.4 Å². The van der Waals surface area contributed by atoms with Gasteiger partial charge in [0.15, 0.2) is 16.3 Å². The van der Waals surface area contributed by atoms with Crippen molar-refractivity contribution in [3.8, 4) is 0 Å². The van der Waals surface area contributed by atoms with E-state index in [9.17, 15) is 14.7 Å². The van der Waals surface area contributed by atoms with Crippen LogP contribution in [0.3, 0.4) is 0 Å². The van der Waals surface area contributed by atoms with E-state index in [2.05, 4.69) is 9.97 Å². The van der Waals surface area contributed by atoms with Crippen LogP contribution in [-0.4, -0.2) is 41.9 Å². The Labute approximate surface area is 145 Å². The maximum Gasteiger partial charge on any atom is 0.329 e. The zero-order chi connectivity index (χ0) is 17.1. The van der Waals surface area contributed by atoms with Crippen molar-refractivity contribution in [3.05, 3.63) is 31.9 Å². The van der Waals surface area contributed by atoms with Gasteiger partial charge in [-0.25, -0.2) is 9.78 Å². The highest BCUT2D eigenvalue weighted by Gasteiger charge is 2.18. The average molecular weight is 379 g/mol. The molecule has 10 heteroatoms. The summed E-state index contributed by atoms with van der Waals surface area (Å²) in [5, 5.41) is 10.7. The quantitative estimate of drug-likeness (QED) is 0.582. The van der Waals surface area contributed by atoms with Crippen LogP contribution >= 0.6 is 35.0 Å². The Morgan fingerprint density at radius 2 is 2.22 bits per heavy atom. The molecule has 0 radical (unpaired) electrons. The molecule has 0 saturated carbocycles. The highest BCUT2D eigenvalue weighted by atomic mass is 35.5. The Kier molecular flexibility index (Phi) is 5.96. The van der Waals surface area contributed by atoms with Crippen LogP contribution in [0.2, 0.25) is 0 Å². The van der Waals surface area contributed by atoms with Gasteiger partial charge in [0.25, 0.3) is 5.56 Å². The number of allylic oxidation sites excluding steroid dienone is 2. The third kappa shape index (κ3) is 4.00. The van der Waals surface area contributed by atoms with Crippen molar-refractivity contribution in [2.75, 3.05) is 11.6 Å². The number of aliphatic hydroxyl groups excluding tert-OH is 1. The molecule has 0 saturated heterocycles. The molecule has 2 rings (SSSR count). The Bertz CT molecular complexity index is 851. The first-order chi connectivity index (χ1) is 10.8. The fourth-order valence-corrected chi connectivity index (χ4v) is 3.17. The fraction of sp³-hybridized carbons (Fsp3) is 0.462. The predicted molar refractivity (Wildman–Crippen MR) is 92.7 cm³/mol. The molecule has 2 aromatic rings. The molecule has 0 aliphatic rings. The summed E-state index contributed by atoms with van der Waals surface area (Å²) in [6.07, 6.45) is 1.04. The second kappa shape index (κ2) is 7.57. The smallest absolute Gasteiger partial charge is 0.329 e. The first-order valence-electron chi connectivity index (χ1n) is 6.73. The van der Waals surface area contributed by atoms with Crippen molar-refractivity contribution < 1.29 is 5.11 Å². The molecular formula is C13H16Cl2N4O3S. The summed E-state index contributed by atoms with van der Waals surface area (Å²) < 4.78 is 2.93. The van der Waals surface area contributed by atoms with Crippen molar-refractivity contribution in [1.82, 2.24) is 19.1 Å². The van der Waals surface area contributed by atoms with Gasteiger partial charge in [-0.3, -0.25) is 14.3 Å². The van der Waals surface area contributed by atoms with Crippen molar-refractivity contribution in [2.24, 2.45) is 7.05 Å². The number of hydrogen-bond donors (Lipinski definition) is 2. The van der Waals surface area contributed by atoms with E-state index in [-0.39, 0.29) is 17.0 Å².